The monoisotopic (exact) mass is 175 g/mol. The number of allylic oxidation sites excluding steroid dienone is 1. The summed E-state index contributed by atoms with van der Waals surface area (Å²) < 4.78 is 0. The van der Waals surface area contributed by atoms with Crippen LogP contribution < -0.4 is 5.73 Å². The predicted molar refractivity (Wildman–Crippen MR) is 51.7 cm³/mol. The second kappa shape index (κ2) is 4.78. The van der Waals surface area contributed by atoms with Gasteiger partial charge >= 0.3 is 0 Å². The summed E-state index contributed by atoms with van der Waals surface area (Å²) in [4.78, 5) is 0. The molecule has 1 unspecified atom stereocenters. The number of halogens is 1. The minimum Gasteiger partial charge on any atom is -0.330 e. The average Bonchev–Trinajstić information content (AvgIpc) is 2.04. The van der Waals surface area contributed by atoms with Crippen LogP contribution in [-0.2, 0) is 0 Å². The fourth-order valence-corrected chi connectivity index (χ4v) is 1.13. The van der Waals surface area contributed by atoms with E-state index in [0.717, 1.165) is 19.4 Å². The van der Waals surface area contributed by atoms with Crippen LogP contribution in [0.3, 0.4) is 0 Å². The van der Waals surface area contributed by atoms with Crippen LogP contribution in [0.25, 0.3) is 0 Å². The Balaban J connectivity index is 4.08. The van der Waals surface area contributed by atoms with Gasteiger partial charge in [-0.15, -0.1) is 0 Å². The summed E-state index contributed by atoms with van der Waals surface area (Å²) in [5.74, 6) is 0. The summed E-state index contributed by atoms with van der Waals surface area (Å²) in [6, 6.07) is 0. The van der Waals surface area contributed by atoms with E-state index in [4.69, 9.17) is 17.3 Å². The molecule has 0 fully saturated rings. The predicted octanol–water partition coefficient (Wildman–Crippen LogP) is 2.89. The van der Waals surface area contributed by atoms with E-state index in [-0.39, 0.29) is 5.41 Å². The molecule has 0 amide bonds. The minimum atomic E-state index is 0.232. The third-order valence-corrected chi connectivity index (χ3v) is 2.61. The maximum absolute atomic E-state index is 5.65. The van der Waals surface area contributed by atoms with Crippen molar-refractivity contribution in [2.75, 3.05) is 6.54 Å². The van der Waals surface area contributed by atoms with Gasteiger partial charge in [-0.05, 0) is 31.7 Å². The topological polar surface area (TPSA) is 26.0 Å². The van der Waals surface area contributed by atoms with Crippen LogP contribution in [0.4, 0.5) is 0 Å². The fraction of sp³-hybridized carbons (Fsp3) is 0.778. The standard InChI is InChI=1S/C9H18ClN/c1-4-9(3,7-11)5-8(2)6-10/h6H,4-5,7,11H2,1-3H3/b8-6+. The highest BCUT2D eigenvalue weighted by atomic mass is 35.5. The zero-order valence-corrected chi connectivity index (χ0v) is 8.41. The van der Waals surface area contributed by atoms with Crippen molar-refractivity contribution in [3.05, 3.63) is 11.1 Å². The van der Waals surface area contributed by atoms with Gasteiger partial charge in [-0.2, -0.15) is 0 Å². The number of rotatable bonds is 4. The van der Waals surface area contributed by atoms with E-state index in [0.29, 0.717) is 0 Å². The van der Waals surface area contributed by atoms with Crippen LogP contribution in [0.5, 0.6) is 0 Å². The molecule has 2 heteroatoms. The molecule has 0 saturated carbocycles. The van der Waals surface area contributed by atoms with E-state index in [2.05, 4.69) is 13.8 Å². The SMILES string of the molecule is CCC(C)(CN)C/C(C)=C/Cl. The lowest BCUT2D eigenvalue weighted by Crippen LogP contribution is -2.26. The van der Waals surface area contributed by atoms with Crippen molar-refractivity contribution < 1.29 is 0 Å². The van der Waals surface area contributed by atoms with Crippen molar-refractivity contribution in [1.29, 1.82) is 0 Å². The molecule has 0 aliphatic heterocycles. The Morgan fingerprint density at radius 2 is 2.18 bits per heavy atom. The van der Waals surface area contributed by atoms with Crippen molar-refractivity contribution in [2.24, 2.45) is 11.1 Å². The van der Waals surface area contributed by atoms with E-state index in [1.54, 1.807) is 5.54 Å². The molecule has 0 aromatic heterocycles. The Morgan fingerprint density at radius 1 is 1.64 bits per heavy atom. The van der Waals surface area contributed by atoms with Gasteiger partial charge in [-0.3, -0.25) is 0 Å². The lowest BCUT2D eigenvalue weighted by molar-refractivity contribution is 0.320. The molecule has 66 valence electrons. The highest BCUT2D eigenvalue weighted by Crippen LogP contribution is 2.28. The Morgan fingerprint density at radius 3 is 2.45 bits per heavy atom. The molecule has 0 aliphatic carbocycles. The quantitative estimate of drug-likeness (QED) is 0.699. The Bertz CT molecular complexity index is 136. The summed E-state index contributed by atoms with van der Waals surface area (Å²) in [5, 5.41) is 0. The molecule has 0 saturated heterocycles. The third-order valence-electron chi connectivity index (χ3n) is 2.24. The molecule has 1 nitrogen and oxygen atoms in total. The number of hydrogen-bond acceptors (Lipinski definition) is 1. The molecule has 0 spiro atoms. The second-order valence-electron chi connectivity index (χ2n) is 3.50. The van der Waals surface area contributed by atoms with Crippen molar-refractivity contribution in [1.82, 2.24) is 0 Å². The van der Waals surface area contributed by atoms with Gasteiger partial charge in [0.1, 0.15) is 0 Å². The average molecular weight is 176 g/mol. The molecule has 0 aliphatic rings. The Labute approximate surface area is 74.6 Å². The maximum Gasteiger partial charge on any atom is 0.00319 e. The first-order chi connectivity index (χ1) is 5.08. The first-order valence-electron chi connectivity index (χ1n) is 4.04. The molecular weight excluding hydrogens is 158 g/mol. The van der Waals surface area contributed by atoms with E-state index in [1.165, 1.54) is 5.57 Å². The van der Waals surface area contributed by atoms with Crippen molar-refractivity contribution >= 4 is 11.6 Å². The van der Waals surface area contributed by atoms with Crippen LogP contribution in [0.15, 0.2) is 11.1 Å². The van der Waals surface area contributed by atoms with Crippen LogP contribution in [0.2, 0.25) is 0 Å². The van der Waals surface area contributed by atoms with Gasteiger partial charge < -0.3 is 5.73 Å². The van der Waals surface area contributed by atoms with Gasteiger partial charge in [0.05, 0.1) is 0 Å². The summed E-state index contributed by atoms with van der Waals surface area (Å²) in [6.45, 7) is 7.12. The van der Waals surface area contributed by atoms with Crippen LogP contribution in [0, 0.1) is 5.41 Å². The van der Waals surface area contributed by atoms with E-state index < -0.39 is 0 Å². The molecule has 0 aromatic carbocycles. The smallest absolute Gasteiger partial charge is 0.00319 e. The van der Waals surface area contributed by atoms with Gasteiger partial charge in [0, 0.05) is 5.54 Å². The zero-order chi connectivity index (χ0) is 8.91. The number of nitrogens with two attached hydrogens (primary N) is 1. The molecule has 0 aromatic rings. The van der Waals surface area contributed by atoms with Gasteiger partial charge in [-0.1, -0.05) is 31.0 Å². The highest BCUT2D eigenvalue weighted by Gasteiger charge is 2.19. The van der Waals surface area contributed by atoms with E-state index >= 15 is 0 Å². The number of hydrogen-bond donors (Lipinski definition) is 1. The summed E-state index contributed by atoms with van der Waals surface area (Å²) in [6.07, 6.45) is 2.11. The van der Waals surface area contributed by atoms with E-state index in [9.17, 15) is 0 Å². The summed E-state index contributed by atoms with van der Waals surface area (Å²) in [7, 11) is 0. The Kier molecular flexibility index (Phi) is 4.78. The third kappa shape index (κ3) is 3.78. The van der Waals surface area contributed by atoms with Gasteiger partial charge in [0.25, 0.3) is 0 Å². The van der Waals surface area contributed by atoms with Gasteiger partial charge in [0.15, 0.2) is 0 Å². The van der Waals surface area contributed by atoms with E-state index in [1.807, 2.05) is 6.92 Å². The molecule has 11 heavy (non-hydrogen) atoms. The van der Waals surface area contributed by atoms with Gasteiger partial charge in [-0.25, -0.2) is 0 Å². The molecule has 0 rings (SSSR count). The van der Waals surface area contributed by atoms with Crippen LogP contribution in [-0.4, -0.2) is 6.54 Å². The first-order valence-corrected chi connectivity index (χ1v) is 4.47. The molecule has 1 atom stereocenters. The lowest BCUT2D eigenvalue weighted by atomic mass is 9.82. The maximum atomic E-state index is 5.65. The lowest BCUT2D eigenvalue weighted by Gasteiger charge is -2.26. The molecule has 0 bridgehead atoms. The summed E-state index contributed by atoms with van der Waals surface area (Å²) >= 11 is 5.57. The zero-order valence-electron chi connectivity index (χ0n) is 7.65. The largest absolute Gasteiger partial charge is 0.330 e. The fourth-order valence-electron chi connectivity index (χ4n) is 1.05. The van der Waals surface area contributed by atoms with Gasteiger partial charge in [0.2, 0.25) is 0 Å². The second-order valence-corrected chi connectivity index (χ2v) is 3.72. The normalized spacial score (nSPS) is 18.1. The van der Waals surface area contributed by atoms with Crippen LogP contribution in [0.1, 0.15) is 33.6 Å². The minimum absolute atomic E-state index is 0.232. The van der Waals surface area contributed by atoms with Crippen LogP contribution >= 0.6 is 11.6 Å². The molecule has 0 radical (unpaired) electrons. The molecular formula is C9H18ClN. The van der Waals surface area contributed by atoms with Crippen molar-refractivity contribution in [3.8, 4) is 0 Å². The first kappa shape index (κ1) is 11.0. The molecule has 2 N–H and O–H groups in total. The Hall–Kier alpha value is -0.0100. The molecule has 0 heterocycles. The summed E-state index contributed by atoms with van der Waals surface area (Å²) in [5.41, 5.74) is 8.73. The van der Waals surface area contributed by atoms with Crippen molar-refractivity contribution in [3.63, 3.8) is 0 Å². The highest BCUT2D eigenvalue weighted by molar-refractivity contribution is 6.25. The van der Waals surface area contributed by atoms with Crippen molar-refractivity contribution in [2.45, 2.75) is 33.6 Å².